The van der Waals surface area contributed by atoms with Gasteiger partial charge in [0, 0.05) is 31.2 Å². The summed E-state index contributed by atoms with van der Waals surface area (Å²) in [6, 6.07) is 15.0. The van der Waals surface area contributed by atoms with Crippen LogP contribution >= 0.6 is 11.6 Å². The molecule has 232 valence electrons. The molecule has 0 radical (unpaired) electrons. The normalized spacial score (nSPS) is 12.2. The van der Waals surface area contributed by atoms with E-state index in [-0.39, 0.29) is 46.9 Å². The van der Waals surface area contributed by atoms with Crippen molar-refractivity contribution in [2.45, 2.75) is 32.3 Å². The molecule has 1 heterocycles. The summed E-state index contributed by atoms with van der Waals surface area (Å²) in [5.74, 6) is -1.63. The van der Waals surface area contributed by atoms with Crippen molar-refractivity contribution in [3.63, 3.8) is 0 Å². The summed E-state index contributed by atoms with van der Waals surface area (Å²) in [4.78, 5) is 49.2. The zero-order valence-corrected chi connectivity index (χ0v) is 25.0. The summed E-state index contributed by atoms with van der Waals surface area (Å²) in [7, 11) is 3.01. The Balaban J connectivity index is 1.97. The number of hydrogen-bond acceptors (Lipinski definition) is 6. The Morgan fingerprint density at radius 1 is 1.07 bits per heavy atom. The van der Waals surface area contributed by atoms with E-state index in [4.69, 9.17) is 22.3 Å². The van der Waals surface area contributed by atoms with E-state index < -0.39 is 35.5 Å². The van der Waals surface area contributed by atoms with Crippen LogP contribution in [0.4, 0.5) is 13.2 Å². The van der Waals surface area contributed by atoms with E-state index in [1.165, 1.54) is 58.8 Å². The number of hydrogen-bond donors (Lipinski definition) is 1. The molecule has 1 aromatic heterocycles. The fraction of sp³-hybridized carbons (Fsp3) is 0.290. The minimum absolute atomic E-state index is 0.0474. The number of fused-ring (bicyclic) bond motifs is 1. The number of likely N-dealkylation sites (N-methyl/N-ethyl adjacent to an activating group) is 1. The first-order valence-electron chi connectivity index (χ1n) is 13.6. The summed E-state index contributed by atoms with van der Waals surface area (Å²) < 4.78 is 44.1. The fourth-order valence-corrected chi connectivity index (χ4v) is 4.86. The van der Waals surface area contributed by atoms with Crippen LogP contribution in [0.2, 0.25) is 5.02 Å². The van der Waals surface area contributed by atoms with Gasteiger partial charge in [0.1, 0.15) is 11.6 Å². The Kier molecular flexibility index (Phi) is 9.95. The lowest BCUT2D eigenvalue weighted by Crippen LogP contribution is -2.47. The number of carbonyl (C=O) groups is 2. The van der Waals surface area contributed by atoms with Gasteiger partial charge in [-0.25, -0.2) is 4.98 Å². The minimum Gasteiger partial charge on any atom is -0.406 e. The van der Waals surface area contributed by atoms with Gasteiger partial charge < -0.3 is 20.3 Å². The van der Waals surface area contributed by atoms with Gasteiger partial charge in [-0.2, -0.15) is 0 Å². The van der Waals surface area contributed by atoms with Gasteiger partial charge in [-0.15, -0.1) is 13.2 Å². The molecule has 1 unspecified atom stereocenters. The predicted octanol–water partition coefficient (Wildman–Crippen LogP) is 4.93. The smallest absolute Gasteiger partial charge is 0.406 e. The van der Waals surface area contributed by atoms with Crippen molar-refractivity contribution in [3.05, 3.63) is 105 Å². The number of aryl methyl sites for hydroxylation is 1. The highest BCUT2D eigenvalue weighted by Gasteiger charge is 2.37. The van der Waals surface area contributed by atoms with Gasteiger partial charge in [-0.05, 0) is 67.9 Å². The Morgan fingerprint density at radius 3 is 2.41 bits per heavy atom. The molecule has 0 saturated heterocycles. The molecule has 0 aliphatic heterocycles. The van der Waals surface area contributed by atoms with Crippen molar-refractivity contribution in [1.82, 2.24) is 19.4 Å². The second-order valence-electron chi connectivity index (χ2n) is 10.4. The van der Waals surface area contributed by atoms with Gasteiger partial charge in [0.15, 0.2) is 6.04 Å². The number of nitrogens with zero attached hydrogens (tertiary/aromatic N) is 4. The maximum Gasteiger partial charge on any atom is 0.573 e. The molecule has 3 aromatic carbocycles. The molecule has 2 N–H and O–H groups in total. The third kappa shape index (κ3) is 7.56. The maximum atomic E-state index is 14.0. The number of rotatable bonds is 10. The Labute approximate surface area is 256 Å². The Morgan fingerprint density at radius 2 is 1.77 bits per heavy atom. The van der Waals surface area contributed by atoms with Gasteiger partial charge in [0.05, 0.1) is 17.4 Å². The van der Waals surface area contributed by atoms with Crippen LogP contribution < -0.4 is 16.0 Å². The van der Waals surface area contributed by atoms with Crippen LogP contribution in [0.5, 0.6) is 5.75 Å². The average Bonchev–Trinajstić information content (AvgIpc) is 2.95. The van der Waals surface area contributed by atoms with Crippen LogP contribution in [0.25, 0.3) is 10.9 Å². The lowest BCUT2D eigenvalue weighted by atomic mass is 10.1. The fourth-order valence-electron chi connectivity index (χ4n) is 4.70. The van der Waals surface area contributed by atoms with Gasteiger partial charge in [-0.1, -0.05) is 41.4 Å². The van der Waals surface area contributed by atoms with Crippen LogP contribution in [0.15, 0.2) is 71.5 Å². The second kappa shape index (κ2) is 13.5. The van der Waals surface area contributed by atoms with E-state index in [0.717, 1.165) is 17.7 Å². The highest BCUT2D eigenvalue weighted by atomic mass is 35.5. The van der Waals surface area contributed by atoms with Crippen molar-refractivity contribution < 1.29 is 27.5 Å². The quantitative estimate of drug-likeness (QED) is 0.267. The lowest BCUT2D eigenvalue weighted by Gasteiger charge is -2.33. The molecule has 0 aliphatic carbocycles. The summed E-state index contributed by atoms with van der Waals surface area (Å²) in [6.45, 7) is 1.85. The molecule has 4 aromatic rings. The minimum atomic E-state index is -4.92. The first-order chi connectivity index (χ1) is 20.8. The van der Waals surface area contributed by atoms with Crippen molar-refractivity contribution in [3.8, 4) is 5.75 Å². The third-order valence-corrected chi connectivity index (χ3v) is 7.05. The molecular formula is C31H31ClF3N5O4. The number of nitrogens with two attached hydrogens (primary N) is 1. The average molecular weight is 630 g/mol. The van der Waals surface area contributed by atoms with Gasteiger partial charge >= 0.3 is 6.36 Å². The number of benzene rings is 3. The lowest BCUT2D eigenvalue weighted by molar-refractivity contribution is -0.274. The van der Waals surface area contributed by atoms with Crippen LogP contribution in [-0.4, -0.2) is 64.7 Å². The van der Waals surface area contributed by atoms with Gasteiger partial charge in [0.25, 0.3) is 17.4 Å². The standard InChI is InChI=1S/C31H31ClF3N5O4/c1-19-8-10-21(11-9-19)28(41)39(15-5-14-36)26(30(43)38(2)3)27-37-25-17-22(32)12-13-24(25)29(42)40(27)18-20-6-4-7-23(16-20)44-31(33,34)35/h4,6-13,16-17,26H,5,14-15,18,36H2,1-3H3. The summed E-state index contributed by atoms with van der Waals surface area (Å²) in [5, 5.41) is 0.451. The SMILES string of the molecule is Cc1ccc(C(=O)N(CCCN)C(C(=O)N(C)C)c2nc3cc(Cl)ccc3c(=O)n2Cc2cccc(OC(F)(F)F)c2)cc1. The van der Waals surface area contributed by atoms with E-state index >= 15 is 0 Å². The number of halogens is 4. The molecule has 0 bridgehead atoms. The first kappa shape index (κ1) is 32.5. The molecule has 0 spiro atoms. The van der Waals surface area contributed by atoms with Gasteiger partial charge in [-0.3, -0.25) is 19.0 Å². The third-order valence-electron chi connectivity index (χ3n) is 6.81. The van der Waals surface area contributed by atoms with Crippen LogP contribution in [0.1, 0.15) is 39.8 Å². The number of aromatic nitrogens is 2. The largest absolute Gasteiger partial charge is 0.573 e. The van der Waals surface area contributed by atoms with Crippen LogP contribution in [0, 0.1) is 6.92 Å². The summed E-state index contributed by atoms with van der Waals surface area (Å²) in [5.41, 5.74) is 6.90. The molecular weight excluding hydrogens is 599 g/mol. The Hall–Kier alpha value is -4.42. The molecule has 0 saturated carbocycles. The number of amides is 2. The molecule has 0 aliphatic rings. The van der Waals surface area contributed by atoms with Crippen molar-refractivity contribution in [1.29, 1.82) is 0 Å². The van der Waals surface area contributed by atoms with E-state index in [0.29, 0.717) is 12.0 Å². The summed E-state index contributed by atoms with van der Waals surface area (Å²) in [6.07, 6.45) is -4.59. The second-order valence-corrected chi connectivity index (χ2v) is 10.8. The number of alkyl halides is 3. The van der Waals surface area contributed by atoms with E-state index in [1.54, 1.807) is 24.3 Å². The molecule has 0 fully saturated rings. The molecule has 9 nitrogen and oxygen atoms in total. The zero-order valence-electron chi connectivity index (χ0n) is 24.3. The first-order valence-corrected chi connectivity index (χ1v) is 14.0. The van der Waals surface area contributed by atoms with Crippen molar-refractivity contribution >= 4 is 34.3 Å². The molecule has 4 rings (SSSR count). The Bertz CT molecular complexity index is 1720. The van der Waals surface area contributed by atoms with E-state index in [2.05, 4.69) is 4.74 Å². The van der Waals surface area contributed by atoms with Crippen molar-refractivity contribution in [2.75, 3.05) is 27.2 Å². The highest BCUT2D eigenvalue weighted by Crippen LogP contribution is 2.28. The molecule has 44 heavy (non-hydrogen) atoms. The number of ether oxygens (including phenoxy) is 1. The summed E-state index contributed by atoms with van der Waals surface area (Å²) >= 11 is 6.22. The number of carbonyl (C=O) groups excluding carboxylic acids is 2. The zero-order chi connectivity index (χ0) is 32.2. The monoisotopic (exact) mass is 629 g/mol. The van der Waals surface area contributed by atoms with Crippen molar-refractivity contribution in [2.24, 2.45) is 5.73 Å². The predicted molar refractivity (Wildman–Crippen MR) is 161 cm³/mol. The molecule has 1 atom stereocenters. The van der Waals surface area contributed by atoms with Gasteiger partial charge in [0.2, 0.25) is 0 Å². The molecule has 2 amide bonds. The van der Waals surface area contributed by atoms with Crippen LogP contribution in [-0.2, 0) is 11.3 Å². The maximum absolute atomic E-state index is 14.0. The van der Waals surface area contributed by atoms with Crippen LogP contribution in [0.3, 0.4) is 0 Å². The van der Waals surface area contributed by atoms with E-state index in [9.17, 15) is 27.6 Å². The van der Waals surface area contributed by atoms with E-state index in [1.807, 2.05) is 6.92 Å². The highest BCUT2D eigenvalue weighted by molar-refractivity contribution is 6.31. The topological polar surface area (TPSA) is 111 Å². The molecule has 13 heteroatoms.